The Bertz CT molecular complexity index is 1950. The molecule has 1 saturated heterocycles. The smallest absolute Gasteiger partial charge is 0.427 e. The molecular weight excluding hydrogens is 751 g/mol. The Morgan fingerprint density at radius 2 is 1.75 bits per heavy atom. The first-order chi connectivity index (χ1) is 25.3. The molecule has 4 amide bonds. The molecule has 2 heterocycles. The fourth-order valence-electron chi connectivity index (χ4n) is 6.50. The lowest BCUT2D eigenvalue weighted by Crippen LogP contribution is -2.60. The van der Waals surface area contributed by atoms with Crippen molar-refractivity contribution in [3.05, 3.63) is 30.5 Å². The molecule has 5 atom stereocenters. The minimum Gasteiger partial charge on any atom is -0.497 e. The molecule has 1 aromatic heterocycles. The second-order valence-electron chi connectivity index (χ2n) is 16.2. The minimum atomic E-state index is -4.92. The maximum Gasteiger partial charge on any atom is 0.427 e. The molecule has 3 fully saturated rings. The highest BCUT2D eigenvalue weighted by Crippen LogP contribution is 2.47. The first kappa shape index (κ1) is 41.8. The van der Waals surface area contributed by atoms with Gasteiger partial charge in [-0.25, -0.2) is 18.7 Å². The molecule has 2 aromatic rings. The third kappa shape index (κ3) is 9.19. The molecule has 0 radical (unpaired) electrons. The van der Waals surface area contributed by atoms with E-state index in [9.17, 15) is 40.8 Å². The number of rotatable bonds is 13. The second-order valence-corrected chi connectivity index (χ2v) is 17.5. The number of nitrogens with zero attached hydrogens (tertiary/aromatic N) is 2. The molecule has 15 nitrogen and oxygen atoms in total. The number of amides is 4. The quantitative estimate of drug-likeness (QED) is 0.262. The first-order valence-corrected chi connectivity index (χ1v) is 19.3. The number of carbonyl (C=O) groups excluding carboxylic acids is 4. The number of pyridine rings is 1. The summed E-state index contributed by atoms with van der Waals surface area (Å²) in [7, 11) is -3.01. The van der Waals surface area contributed by atoms with Crippen molar-refractivity contribution in [2.45, 2.75) is 122 Å². The number of benzene rings is 1. The summed E-state index contributed by atoms with van der Waals surface area (Å²) >= 11 is 0. The number of ether oxygens (including phenoxy) is 3. The largest absolute Gasteiger partial charge is 0.497 e. The lowest BCUT2D eigenvalue weighted by molar-refractivity contribution is -0.244. The van der Waals surface area contributed by atoms with E-state index in [0.29, 0.717) is 44.2 Å². The van der Waals surface area contributed by atoms with Gasteiger partial charge in [0, 0.05) is 18.0 Å². The Labute approximate surface area is 317 Å². The second kappa shape index (κ2) is 14.6. The highest BCUT2D eigenvalue weighted by molar-refractivity contribution is 7.85. The van der Waals surface area contributed by atoms with Crippen molar-refractivity contribution in [3.63, 3.8) is 0 Å². The zero-order chi connectivity index (χ0) is 40.9. The highest BCUT2D eigenvalue weighted by Gasteiger charge is 2.62. The summed E-state index contributed by atoms with van der Waals surface area (Å²) in [6.07, 6.45) is -4.46. The molecule has 0 unspecified atom stereocenters. The van der Waals surface area contributed by atoms with Gasteiger partial charge in [-0.3, -0.25) is 14.4 Å². The third-order valence-electron chi connectivity index (χ3n) is 10.3. The number of methoxy groups -OCH3 is 1. The number of alkyl carbamates (subject to hydrolysis) is 1. The molecule has 19 heteroatoms. The SMILES string of the molecule is CC[C@@H]1C[C@]1(NC(=O)[C@@H]1C[C@@H](Oc2nccc3cc(OC)ccc23)CN1C(=O)[C@@H](NC(=O)OC(C)(C)C(F)(F)F)C(C)(C)C)C(=O)NS(=O)(=O)OC1(C)CC1. The molecule has 3 N–H and O–H groups in total. The van der Waals surface area contributed by atoms with Gasteiger partial charge in [-0.15, -0.1) is 0 Å². The molecule has 55 heavy (non-hydrogen) atoms. The van der Waals surface area contributed by atoms with Gasteiger partial charge in [0.15, 0.2) is 0 Å². The van der Waals surface area contributed by atoms with Crippen molar-refractivity contribution < 1.29 is 59.2 Å². The number of alkyl halides is 3. The van der Waals surface area contributed by atoms with E-state index < -0.39 is 86.6 Å². The van der Waals surface area contributed by atoms with Crippen LogP contribution in [0.15, 0.2) is 30.5 Å². The highest BCUT2D eigenvalue weighted by atomic mass is 32.2. The van der Waals surface area contributed by atoms with E-state index in [-0.39, 0.29) is 25.3 Å². The van der Waals surface area contributed by atoms with Crippen molar-refractivity contribution >= 4 is 44.9 Å². The summed E-state index contributed by atoms with van der Waals surface area (Å²) < 4.78 is 89.5. The van der Waals surface area contributed by atoms with E-state index >= 15 is 0 Å². The molecule has 1 aliphatic heterocycles. The van der Waals surface area contributed by atoms with E-state index in [2.05, 4.69) is 15.6 Å². The van der Waals surface area contributed by atoms with E-state index in [1.165, 1.54) is 13.3 Å². The van der Waals surface area contributed by atoms with Gasteiger partial charge in [0.2, 0.25) is 23.3 Å². The summed E-state index contributed by atoms with van der Waals surface area (Å²) in [5, 5.41) is 6.30. The molecule has 1 aromatic carbocycles. The number of likely N-dealkylation sites (tertiary alicyclic amines) is 1. The molecule has 3 aliphatic rings. The lowest BCUT2D eigenvalue weighted by Gasteiger charge is -2.36. The van der Waals surface area contributed by atoms with Crippen molar-refractivity contribution in [3.8, 4) is 11.6 Å². The Balaban J connectivity index is 1.44. The monoisotopic (exact) mass is 799 g/mol. The standard InChI is InChI=1S/C36H48F3N5O10S/c1-9-21-18-35(21,30(47)43-55(49,50)54-34(7)13-14-34)42-27(45)25-17-23(52-28-24-11-10-22(51-8)16-20(24)12-15-40-28)19-44(25)29(46)26(32(2,3)4)41-31(48)53-33(5,6)36(37,38)39/h10-12,15-16,21,23,25-26H,9,13-14,17-19H2,1-8H3,(H,41,48)(H,42,45)(H,43,47)/t21-,23-,25+,26-,35-/m1/s1. The molecular formula is C36H48F3N5O10S. The molecule has 0 bridgehead atoms. The molecule has 2 aliphatic carbocycles. The minimum absolute atomic E-state index is 0.102. The van der Waals surface area contributed by atoms with E-state index in [1.807, 2.05) is 4.72 Å². The van der Waals surface area contributed by atoms with Gasteiger partial charge in [0.1, 0.15) is 29.5 Å². The van der Waals surface area contributed by atoms with Gasteiger partial charge in [0.25, 0.3) is 5.91 Å². The van der Waals surface area contributed by atoms with Crippen LogP contribution in [-0.4, -0.2) is 96.9 Å². The van der Waals surface area contributed by atoms with E-state index in [1.54, 1.807) is 58.9 Å². The number of halogens is 3. The van der Waals surface area contributed by atoms with Crippen LogP contribution >= 0.6 is 0 Å². The Morgan fingerprint density at radius 3 is 2.31 bits per heavy atom. The summed E-state index contributed by atoms with van der Waals surface area (Å²) in [4.78, 5) is 60.6. The summed E-state index contributed by atoms with van der Waals surface area (Å²) in [6, 6.07) is 4.09. The maximum absolute atomic E-state index is 14.4. The van der Waals surface area contributed by atoms with Crippen LogP contribution in [0.2, 0.25) is 0 Å². The number of carbonyl (C=O) groups is 4. The predicted molar refractivity (Wildman–Crippen MR) is 191 cm³/mol. The molecule has 5 rings (SSSR count). The average molecular weight is 800 g/mol. The third-order valence-corrected chi connectivity index (χ3v) is 11.4. The Morgan fingerprint density at radius 1 is 1.07 bits per heavy atom. The normalized spacial score (nSPS) is 24.1. The topological polar surface area (TPSA) is 192 Å². The lowest BCUT2D eigenvalue weighted by atomic mass is 9.85. The summed E-state index contributed by atoms with van der Waals surface area (Å²) in [6.45, 7) is 9.15. The summed E-state index contributed by atoms with van der Waals surface area (Å²) in [5.41, 5.74) is -6.58. The number of hydrogen-bond acceptors (Lipinski definition) is 11. The van der Waals surface area contributed by atoms with Crippen LogP contribution in [0.3, 0.4) is 0 Å². The zero-order valence-electron chi connectivity index (χ0n) is 32.0. The van der Waals surface area contributed by atoms with Crippen LogP contribution < -0.4 is 24.8 Å². The van der Waals surface area contributed by atoms with Crippen molar-refractivity contribution in [1.29, 1.82) is 0 Å². The van der Waals surface area contributed by atoms with Crippen LogP contribution in [0.25, 0.3) is 10.8 Å². The maximum atomic E-state index is 14.4. The molecule has 2 saturated carbocycles. The van der Waals surface area contributed by atoms with Crippen molar-refractivity contribution in [1.82, 2.24) is 25.2 Å². The van der Waals surface area contributed by atoms with Gasteiger partial charge >= 0.3 is 22.6 Å². The fourth-order valence-corrected chi connectivity index (χ4v) is 7.64. The van der Waals surface area contributed by atoms with Crippen molar-refractivity contribution in [2.75, 3.05) is 13.7 Å². The van der Waals surface area contributed by atoms with Crippen LogP contribution in [0.1, 0.15) is 80.6 Å². The molecule has 0 spiro atoms. The van der Waals surface area contributed by atoms with Gasteiger partial charge in [-0.05, 0) is 81.0 Å². The number of fused-ring (bicyclic) bond motifs is 1. The average Bonchev–Trinajstić information content (AvgIpc) is 3.93. The summed E-state index contributed by atoms with van der Waals surface area (Å²) in [5.74, 6) is -2.34. The van der Waals surface area contributed by atoms with Crippen LogP contribution in [0, 0.1) is 11.3 Å². The molecule has 304 valence electrons. The van der Waals surface area contributed by atoms with Crippen LogP contribution in [0.4, 0.5) is 18.0 Å². The number of hydrogen-bond donors (Lipinski definition) is 3. The van der Waals surface area contributed by atoms with Crippen molar-refractivity contribution in [2.24, 2.45) is 11.3 Å². The fraction of sp³-hybridized carbons (Fsp3) is 0.639. The number of aromatic nitrogens is 1. The van der Waals surface area contributed by atoms with E-state index in [4.69, 9.17) is 18.4 Å². The van der Waals surface area contributed by atoms with Crippen LogP contribution in [0.5, 0.6) is 11.6 Å². The Hall–Kier alpha value is -4.39. The zero-order valence-corrected chi connectivity index (χ0v) is 32.8. The Kier molecular flexibility index (Phi) is 11.1. The number of nitrogens with one attached hydrogen (secondary N) is 3. The van der Waals surface area contributed by atoms with E-state index in [0.717, 1.165) is 10.3 Å². The van der Waals surface area contributed by atoms with Gasteiger partial charge < -0.3 is 29.7 Å². The van der Waals surface area contributed by atoms with Crippen LogP contribution in [-0.2, 0) is 33.6 Å². The van der Waals surface area contributed by atoms with Gasteiger partial charge in [-0.2, -0.15) is 21.6 Å². The van der Waals surface area contributed by atoms with Gasteiger partial charge in [0.05, 0.1) is 19.3 Å². The first-order valence-electron chi connectivity index (χ1n) is 17.9. The predicted octanol–water partition coefficient (Wildman–Crippen LogP) is 4.29. The van der Waals surface area contributed by atoms with Gasteiger partial charge in [-0.1, -0.05) is 34.1 Å².